The molecule has 0 saturated heterocycles. The molecule has 4 nitrogen and oxygen atoms in total. The van der Waals surface area contributed by atoms with E-state index in [4.69, 9.17) is 4.74 Å². The van der Waals surface area contributed by atoms with Crippen LogP contribution in [0.1, 0.15) is 41.9 Å². The van der Waals surface area contributed by atoms with E-state index in [1.807, 2.05) is 6.92 Å². The van der Waals surface area contributed by atoms with Gasteiger partial charge in [0.15, 0.2) is 0 Å². The van der Waals surface area contributed by atoms with E-state index in [-0.39, 0.29) is 5.91 Å². The van der Waals surface area contributed by atoms with E-state index >= 15 is 0 Å². The second kappa shape index (κ2) is 7.45. The smallest absolute Gasteiger partial charge is 0.268 e. The van der Waals surface area contributed by atoms with Crippen molar-refractivity contribution >= 4 is 16.8 Å². The largest absolute Gasteiger partial charge is 0.385 e. The number of nitrogens with zero attached hydrogens (tertiary/aromatic N) is 1. The van der Waals surface area contributed by atoms with E-state index in [1.54, 1.807) is 7.11 Å². The number of benzene rings is 1. The summed E-state index contributed by atoms with van der Waals surface area (Å²) in [5.41, 5.74) is 4.29. The van der Waals surface area contributed by atoms with E-state index < -0.39 is 0 Å². The fraction of sp³-hybridized carbons (Fsp3) is 0.500. The maximum Gasteiger partial charge on any atom is 0.268 e. The number of rotatable bonds is 7. The first kappa shape index (κ1) is 16.6. The molecule has 1 N–H and O–H groups in total. The molecule has 1 amide bonds. The number of methoxy groups -OCH3 is 1. The van der Waals surface area contributed by atoms with Gasteiger partial charge in [-0.15, -0.1) is 0 Å². The molecule has 0 bridgehead atoms. The molecule has 0 saturated carbocycles. The number of aromatic nitrogens is 1. The summed E-state index contributed by atoms with van der Waals surface area (Å²) in [4.78, 5) is 12.6. The molecule has 0 fully saturated rings. The molecular formula is C18H26N2O2. The van der Waals surface area contributed by atoms with Gasteiger partial charge >= 0.3 is 0 Å². The van der Waals surface area contributed by atoms with Crippen LogP contribution in [0.15, 0.2) is 18.2 Å². The molecule has 1 aromatic carbocycles. The van der Waals surface area contributed by atoms with Gasteiger partial charge in [0.05, 0.1) is 0 Å². The Morgan fingerprint density at radius 1 is 1.32 bits per heavy atom. The van der Waals surface area contributed by atoms with Crippen molar-refractivity contribution < 1.29 is 9.53 Å². The van der Waals surface area contributed by atoms with Crippen LogP contribution < -0.4 is 5.32 Å². The van der Waals surface area contributed by atoms with Crippen molar-refractivity contribution in [3.8, 4) is 0 Å². The Morgan fingerprint density at radius 3 is 2.73 bits per heavy atom. The fourth-order valence-corrected chi connectivity index (χ4v) is 2.91. The summed E-state index contributed by atoms with van der Waals surface area (Å²) >= 11 is 0. The average molecular weight is 302 g/mol. The topological polar surface area (TPSA) is 43.3 Å². The zero-order chi connectivity index (χ0) is 16.1. The average Bonchev–Trinajstić information content (AvgIpc) is 2.83. The predicted molar refractivity (Wildman–Crippen MR) is 90.6 cm³/mol. The maximum atomic E-state index is 12.6. The minimum Gasteiger partial charge on any atom is -0.385 e. The molecule has 0 aliphatic heterocycles. The molecule has 0 radical (unpaired) electrons. The van der Waals surface area contributed by atoms with Crippen molar-refractivity contribution in [2.75, 3.05) is 20.3 Å². The molecule has 0 aliphatic carbocycles. The van der Waals surface area contributed by atoms with E-state index in [2.05, 4.69) is 41.9 Å². The Labute approximate surface area is 132 Å². The molecule has 0 aliphatic rings. The number of ether oxygens (including phenoxy) is 1. The monoisotopic (exact) mass is 302 g/mol. The van der Waals surface area contributed by atoms with Crippen molar-refractivity contribution in [1.29, 1.82) is 0 Å². The molecule has 22 heavy (non-hydrogen) atoms. The maximum absolute atomic E-state index is 12.6. The van der Waals surface area contributed by atoms with Gasteiger partial charge in [-0.3, -0.25) is 4.79 Å². The normalized spacial score (nSPS) is 11.1. The number of aryl methyl sites for hydroxylation is 3. The first-order valence-corrected chi connectivity index (χ1v) is 8.02. The summed E-state index contributed by atoms with van der Waals surface area (Å²) in [5, 5.41) is 4.18. The zero-order valence-electron chi connectivity index (χ0n) is 14.0. The third kappa shape index (κ3) is 3.17. The minimum absolute atomic E-state index is 0.00435. The van der Waals surface area contributed by atoms with Crippen LogP contribution in [-0.4, -0.2) is 30.7 Å². The van der Waals surface area contributed by atoms with Gasteiger partial charge in [-0.1, -0.05) is 13.0 Å². The van der Waals surface area contributed by atoms with Crippen LogP contribution in [0.3, 0.4) is 0 Å². The number of nitrogens with one attached hydrogen (secondary N) is 1. The number of carbonyl (C=O) groups is 1. The summed E-state index contributed by atoms with van der Waals surface area (Å²) in [5.74, 6) is 0.00435. The van der Waals surface area contributed by atoms with Gasteiger partial charge in [0.1, 0.15) is 5.69 Å². The van der Waals surface area contributed by atoms with Crippen LogP contribution in [0.2, 0.25) is 0 Å². The van der Waals surface area contributed by atoms with Gasteiger partial charge in [0.25, 0.3) is 5.91 Å². The van der Waals surface area contributed by atoms with Crippen molar-refractivity contribution in [2.24, 2.45) is 0 Å². The van der Waals surface area contributed by atoms with Gasteiger partial charge in [0, 0.05) is 37.7 Å². The zero-order valence-corrected chi connectivity index (χ0v) is 14.0. The summed E-state index contributed by atoms with van der Waals surface area (Å²) in [6.07, 6.45) is 1.83. The molecule has 0 spiro atoms. The molecule has 4 heteroatoms. The van der Waals surface area contributed by atoms with Crippen molar-refractivity contribution in [3.05, 3.63) is 35.0 Å². The van der Waals surface area contributed by atoms with E-state index in [0.717, 1.165) is 36.2 Å². The highest BCUT2D eigenvalue weighted by Crippen LogP contribution is 2.27. The summed E-state index contributed by atoms with van der Waals surface area (Å²) in [7, 11) is 1.67. The first-order valence-electron chi connectivity index (χ1n) is 8.02. The van der Waals surface area contributed by atoms with Gasteiger partial charge in [-0.25, -0.2) is 0 Å². The summed E-state index contributed by atoms with van der Waals surface area (Å²) in [6, 6.07) is 6.49. The first-order chi connectivity index (χ1) is 10.6. The standard InChI is InChI=1S/C18H26N2O2/c1-5-14-8-9-16-15(12-14)13(3)17(20(16)6-2)18(21)19-10-7-11-22-4/h8-9,12H,5-7,10-11H2,1-4H3,(H,19,21). The van der Waals surface area contributed by atoms with Gasteiger partial charge < -0.3 is 14.6 Å². The second-order valence-electron chi connectivity index (χ2n) is 5.53. The molecule has 1 heterocycles. The minimum atomic E-state index is 0.00435. The van der Waals surface area contributed by atoms with Crippen LogP contribution in [-0.2, 0) is 17.7 Å². The van der Waals surface area contributed by atoms with Crippen molar-refractivity contribution in [2.45, 2.75) is 40.2 Å². The number of carbonyl (C=O) groups excluding carboxylic acids is 1. The third-order valence-corrected chi connectivity index (χ3v) is 4.13. The lowest BCUT2D eigenvalue weighted by molar-refractivity contribution is 0.0939. The summed E-state index contributed by atoms with van der Waals surface area (Å²) in [6.45, 7) is 8.35. The SMILES string of the molecule is CCc1ccc2c(c1)c(C)c(C(=O)NCCCOC)n2CC. The van der Waals surface area contributed by atoms with Gasteiger partial charge in [-0.05, 0) is 49.9 Å². The van der Waals surface area contributed by atoms with Crippen LogP contribution >= 0.6 is 0 Å². The second-order valence-corrected chi connectivity index (χ2v) is 5.53. The molecule has 0 unspecified atom stereocenters. The Bertz CT molecular complexity index is 659. The molecule has 1 aromatic heterocycles. The van der Waals surface area contributed by atoms with Crippen molar-refractivity contribution in [3.63, 3.8) is 0 Å². The Kier molecular flexibility index (Phi) is 5.61. The highest BCUT2D eigenvalue weighted by molar-refractivity contribution is 6.01. The third-order valence-electron chi connectivity index (χ3n) is 4.13. The van der Waals surface area contributed by atoms with E-state index in [1.165, 1.54) is 10.9 Å². The molecule has 0 atom stereocenters. The molecule has 2 aromatic rings. The quantitative estimate of drug-likeness (QED) is 0.798. The molecular weight excluding hydrogens is 276 g/mol. The van der Waals surface area contributed by atoms with Crippen LogP contribution in [0.5, 0.6) is 0 Å². The lowest BCUT2D eigenvalue weighted by Crippen LogP contribution is -2.28. The number of fused-ring (bicyclic) bond motifs is 1. The van der Waals surface area contributed by atoms with Crippen LogP contribution in [0.25, 0.3) is 10.9 Å². The van der Waals surface area contributed by atoms with Gasteiger partial charge in [-0.2, -0.15) is 0 Å². The predicted octanol–water partition coefficient (Wildman–Crippen LogP) is 3.30. The Hall–Kier alpha value is -1.81. The summed E-state index contributed by atoms with van der Waals surface area (Å²) < 4.78 is 7.12. The van der Waals surface area contributed by atoms with Gasteiger partial charge in [0.2, 0.25) is 0 Å². The lowest BCUT2D eigenvalue weighted by atomic mass is 10.1. The van der Waals surface area contributed by atoms with Crippen molar-refractivity contribution in [1.82, 2.24) is 9.88 Å². The molecule has 120 valence electrons. The molecule has 2 rings (SSSR count). The van der Waals surface area contributed by atoms with E-state index in [9.17, 15) is 4.79 Å². The van der Waals surface area contributed by atoms with Crippen LogP contribution in [0, 0.1) is 6.92 Å². The van der Waals surface area contributed by atoms with E-state index in [0.29, 0.717) is 13.2 Å². The Balaban J connectivity index is 2.35. The van der Waals surface area contributed by atoms with Crippen LogP contribution in [0.4, 0.5) is 0 Å². The highest BCUT2D eigenvalue weighted by atomic mass is 16.5. The lowest BCUT2D eigenvalue weighted by Gasteiger charge is -2.09. The number of hydrogen-bond acceptors (Lipinski definition) is 2. The number of amides is 1. The highest BCUT2D eigenvalue weighted by Gasteiger charge is 2.19. The fourth-order valence-electron chi connectivity index (χ4n) is 2.91. The Morgan fingerprint density at radius 2 is 2.09 bits per heavy atom. The number of hydrogen-bond donors (Lipinski definition) is 1.